The predicted octanol–water partition coefficient (Wildman–Crippen LogP) is 2.88. The Morgan fingerprint density at radius 3 is 2.62 bits per heavy atom. The summed E-state index contributed by atoms with van der Waals surface area (Å²) in [4.78, 5) is 14.3. The summed E-state index contributed by atoms with van der Waals surface area (Å²) in [5.74, 6) is 1.60. The third kappa shape index (κ3) is 4.46. The first kappa shape index (κ1) is 15.8. The molecule has 0 aromatic heterocycles. The third-order valence-electron chi connectivity index (χ3n) is 4.51. The predicted molar refractivity (Wildman–Crippen MR) is 88.2 cm³/mol. The second-order valence-electron chi connectivity index (χ2n) is 6.48. The first-order valence-electron chi connectivity index (χ1n) is 7.84. The summed E-state index contributed by atoms with van der Waals surface area (Å²) >= 11 is 0. The zero-order chi connectivity index (χ0) is 15.4. The Kier molecular flexibility index (Phi) is 5.23. The molecule has 1 fully saturated rings. The van der Waals surface area contributed by atoms with Gasteiger partial charge in [-0.1, -0.05) is 19.9 Å². The van der Waals surface area contributed by atoms with E-state index in [9.17, 15) is 4.79 Å². The lowest BCUT2D eigenvalue weighted by molar-refractivity contribution is -0.117. The van der Waals surface area contributed by atoms with Crippen LogP contribution in [0.2, 0.25) is 0 Å². The van der Waals surface area contributed by atoms with E-state index in [1.54, 1.807) is 0 Å². The Morgan fingerprint density at radius 1 is 1.38 bits per heavy atom. The number of likely N-dealkylation sites (tertiary alicyclic amines) is 1. The smallest absolute Gasteiger partial charge is 0.238 e. The molecule has 116 valence electrons. The number of nitrogens with two attached hydrogens (primary N) is 1. The zero-order valence-corrected chi connectivity index (χ0v) is 13.4. The molecule has 1 heterocycles. The second kappa shape index (κ2) is 6.94. The van der Waals surface area contributed by atoms with Gasteiger partial charge in [0, 0.05) is 11.4 Å². The summed E-state index contributed by atoms with van der Waals surface area (Å²) < 4.78 is 0. The average Bonchev–Trinajstić information content (AvgIpc) is 2.43. The molecule has 4 heteroatoms. The zero-order valence-electron chi connectivity index (χ0n) is 13.4. The maximum atomic E-state index is 12.1. The number of anilines is 2. The lowest BCUT2D eigenvalue weighted by Gasteiger charge is -2.33. The number of rotatable bonds is 4. The molecular formula is C17H27N3O. The molecule has 21 heavy (non-hydrogen) atoms. The fraction of sp³-hybridized carbons (Fsp3) is 0.588. The number of aryl methyl sites for hydroxylation is 1. The second-order valence-corrected chi connectivity index (χ2v) is 6.48. The molecule has 1 amide bonds. The third-order valence-corrected chi connectivity index (χ3v) is 4.51. The van der Waals surface area contributed by atoms with Crippen molar-refractivity contribution >= 4 is 17.3 Å². The summed E-state index contributed by atoms with van der Waals surface area (Å²) in [5.41, 5.74) is 8.39. The molecule has 2 rings (SSSR count). The van der Waals surface area contributed by atoms with Crippen LogP contribution in [0.1, 0.15) is 32.3 Å². The number of nitrogens with one attached hydrogen (secondary N) is 1. The van der Waals surface area contributed by atoms with Crippen molar-refractivity contribution in [2.45, 2.75) is 33.6 Å². The largest absolute Gasteiger partial charge is 0.398 e. The van der Waals surface area contributed by atoms with E-state index in [1.165, 1.54) is 12.8 Å². The molecule has 0 spiro atoms. The molecule has 1 aliphatic rings. The molecule has 1 aliphatic heterocycles. The number of amides is 1. The number of carbonyl (C=O) groups excluding carboxylic acids is 1. The van der Waals surface area contributed by atoms with Gasteiger partial charge in [0.25, 0.3) is 0 Å². The minimum absolute atomic E-state index is 0.0428. The Hall–Kier alpha value is -1.55. The molecule has 0 aliphatic carbocycles. The highest BCUT2D eigenvalue weighted by atomic mass is 16.2. The minimum Gasteiger partial charge on any atom is -0.398 e. The Labute approximate surface area is 127 Å². The molecule has 0 saturated carbocycles. The van der Waals surface area contributed by atoms with Crippen molar-refractivity contribution in [1.29, 1.82) is 0 Å². The van der Waals surface area contributed by atoms with E-state index in [0.717, 1.165) is 36.2 Å². The van der Waals surface area contributed by atoms with Crippen LogP contribution >= 0.6 is 0 Å². The quantitative estimate of drug-likeness (QED) is 0.838. The topological polar surface area (TPSA) is 58.4 Å². The molecule has 4 nitrogen and oxygen atoms in total. The van der Waals surface area contributed by atoms with Crippen molar-refractivity contribution < 1.29 is 4.79 Å². The van der Waals surface area contributed by atoms with Crippen LogP contribution in [0.4, 0.5) is 11.4 Å². The van der Waals surface area contributed by atoms with Crippen LogP contribution < -0.4 is 11.1 Å². The van der Waals surface area contributed by atoms with E-state index < -0.39 is 0 Å². The summed E-state index contributed by atoms with van der Waals surface area (Å²) in [7, 11) is 0. The molecule has 3 N–H and O–H groups in total. The highest BCUT2D eigenvalue weighted by molar-refractivity contribution is 5.92. The van der Waals surface area contributed by atoms with E-state index in [2.05, 4.69) is 24.1 Å². The van der Waals surface area contributed by atoms with Crippen LogP contribution in [-0.2, 0) is 4.79 Å². The molecule has 0 bridgehead atoms. The fourth-order valence-corrected chi connectivity index (χ4v) is 2.90. The standard InChI is InChI=1S/C17H27N3O/c1-12(2)14-6-8-20(9-7-14)11-17(21)19-15-5-4-13(3)16(18)10-15/h4-5,10,12,14H,6-9,11,18H2,1-3H3,(H,19,21). The van der Waals surface area contributed by atoms with E-state index in [-0.39, 0.29) is 5.91 Å². The van der Waals surface area contributed by atoms with Gasteiger partial charge in [-0.2, -0.15) is 0 Å². The van der Waals surface area contributed by atoms with Gasteiger partial charge in [-0.3, -0.25) is 9.69 Å². The van der Waals surface area contributed by atoms with E-state index >= 15 is 0 Å². The van der Waals surface area contributed by atoms with Crippen LogP contribution in [0.5, 0.6) is 0 Å². The SMILES string of the molecule is Cc1ccc(NC(=O)CN2CCC(C(C)C)CC2)cc1N. The van der Waals surface area contributed by atoms with Gasteiger partial charge in [-0.05, 0) is 62.4 Å². The Bertz CT molecular complexity index is 491. The molecule has 1 aromatic rings. The number of benzene rings is 1. The molecular weight excluding hydrogens is 262 g/mol. The molecule has 0 atom stereocenters. The van der Waals surface area contributed by atoms with Crippen molar-refractivity contribution in [2.75, 3.05) is 30.7 Å². The first-order chi connectivity index (χ1) is 9.95. The van der Waals surface area contributed by atoms with E-state index in [4.69, 9.17) is 5.73 Å². The lowest BCUT2D eigenvalue weighted by atomic mass is 9.87. The summed E-state index contributed by atoms with van der Waals surface area (Å²) in [6.07, 6.45) is 2.39. The molecule has 1 saturated heterocycles. The van der Waals surface area contributed by atoms with Crippen LogP contribution in [0.3, 0.4) is 0 Å². The van der Waals surface area contributed by atoms with Crippen LogP contribution in [0, 0.1) is 18.8 Å². The van der Waals surface area contributed by atoms with Crippen molar-refractivity contribution in [2.24, 2.45) is 11.8 Å². The van der Waals surface area contributed by atoms with Crippen LogP contribution in [0.15, 0.2) is 18.2 Å². The number of hydrogen-bond donors (Lipinski definition) is 2. The van der Waals surface area contributed by atoms with Gasteiger partial charge in [-0.15, -0.1) is 0 Å². The molecule has 0 unspecified atom stereocenters. The van der Waals surface area contributed by atoms with Crippen molar-refractivity contribution in [3.8, 4) is 0 Å². The summed E-state index contributed by atoms with van der Waals surface area (Å²) in [5, 5.41) is 2.93. The van der Waals surface area contributed by atoms with Gasteiger partial charge < -0.3 is 11.1 Å². The normalized spacial score (nSPS) is 17.1. The maximum absolute atomic E-state index is 12.1. The number of carbonyl (C=O) groups is 1. The average molecular weight is 289 g/mol. The monoisotopic (exact) mass is 289 g/mol. The van der Waals surface area contributed by atoms with Gasteiger partial charge in [0.2, 0.25) is 5.91 Å². The van der Waals surface area contributed by atoms with Gasteiger partial charge >= 0.3 is 0 Å². The van der Waals surface area contributed by atoms with Gasteiger partial charge in [0.15, 0.2) is 0 Å². The number of nitrogen functional groups attached to an aromatic ring is 1. The van der Waals surface area contributed by atoms with Gasteiger partial charge in [0.05, 0.1) is 6.54 Å². The number of hydrogen-bond acceptors (Lipinski definition) is 3. The van der Waals surface area contributed by atoms with Crippen molar-refractivity contribution in [3.63, 3.8) is 0 Å². The number of nitrogens with zero attached hydrogens (tertiary/aromatic N) is 1. The fourth-order valence-electron chi connectivity index (χ4n) is 2.90. The number of piperidine rings is 1. The van der Waals surface area contributed by atoms with Gasteiger partial charge in [0.1, 0.15) is 0 Å². The first-order valence-corrected chi connectivity index (χ1v) is 7.84. The van der Waals surface area contributed by atoms with Crippen LogP contribution in [0.25, 0.3) is 0 Å². The Balaban J connectivity index is 1.81. The molecule has 1 aromatic carbocycles. The minimum atomic E-state index is 0.0428. The van der Waals surface area contributed by atoms with E-state index in [1.807, 2.05) is 25.1 Å². The van der Waals surface area contributed by atoms with E-state index in [0.29, 0.717) is 12.2 Å². The van der Waals surface area contributed by atoms with Crippen LogP contribution in [-0.4, -0.2) is 30.4 Å². The Morgan fingerprint density at radius 2 is 2.05 bits per heavy atom. The van der Waals surface area contributed by atoms with Crippen molar-refractivity contribution in [3.05, 3.63) is 23.8 Å². The highest BCUT2D eigenvalue weighted by Gasteiger charge is 2.22. The summed E-state index contributed by atoms with van der Waals surface area (Å²) in [6, 6.07) is 5.64. The lowest BCUT2D eigenvalue weighted by Crippen LogP contribution is -2.40. The van der Waals surface area contributed by atoms with Gasteiger partial charge in [-0.25, -0.2) is 0 Å². The highest BCUT2D eigenvalue weighted by Crippen LogP contribution is 2.24. The van der Waals surface area contributed by atoms with Crippen molar-refractivity contribution in [1.82, 2.24) is 4.90 Å². The maximum Gasteiger partial charge on any atom is 0.238 e. The molecule has 0 radical (unpaired) electrons. The summed E-state index contributed by atoms with van der Waals surface area (Å²) in [6.45, 7) is 9.04.